The summed E-state index contributed by atoms with van der Waals surface area (Å²) in [5, 5.41) is 0.683. The molecule has 0 saturated carbocycles. The molecule has 2 aromatic carbocycles. The van der Waals surface area contributed by atoms with Gasteiger partial charge in [0.15, 0.2) is 17.5 Å². The fraction of sp³-hybridized carbons (Fsp3) is 0. The van der Waals surface area contributed by atoms with Crippen molar-refractivity contribution in [2.75, 3.05) is 5.73 Å². The molecule has 3 aromatic rings. The molecule has 0 aliphatic rings. The maximum Gasteiger partial charge on any atom is 0.169 e. The van der Waals surface area contributed by atoms with Crippen LogP contribution < -0.4 is 5.73 Å². The number of para-hydroxylation sites is 1. The Hall–Kier alpha value is -2.56. The van der Waals surface area contributed by atoms with Crippen LogP contribution in [0.4, 0.5) is 14.6 Å². The lowest BCUT2D eigenvalue weighted by Crippen LogP contribution is -1.99. The summed E-state index contributed by atoms with van der Waals surface area (Å²) in [4.78, 5) is 8.24. The van der Waals surface area contributed by atoms with E-state index >= 15 is 0 Å². The number of aromatic nitrogens is 2. The average molecular weight is 257 g/mol. The van der Waals surface area contributed by atoms with Gasteiger partial charge in [-0.15, -0.1) is 0 Å². The Morgan fingerprint density at radius 2 is 1.68 bits per heavy atom. The lowest BCUT2D eigenvalue weighted by Gasteiger charge is -2.06. The van der Waals surface area contributed by atoms with Gasteiger partial charge in [0.2, 0.25) is 0 Å². The highest BCUT2D eigenvalue weighted by Gasteiger charge is 2.13. The van der Waals surface area contributed by atoms with Crippen molar-refractivity contribution in [1.82, 2.24) is 9.97 Å². The molecule has 3 nitrogen and oxygen atoms in total. The molecule has 0 aliphatic carbocycles. The molecule has 0 aliphatic heterocycles. The normalized spacial score (nSPS) is 10.8. The minimum absolute atomic E-state index is 0.00236. The van der Waals surface area contributed by atoms with Crippen molar-refractivity contribution in [2.24, 2.45) is 0 Å². The summed E-state index contributed by atoms with van der Waals surface area (Å²) in [5.41, 5.74) is 6.40. The highest BCUT2D eigenvalue weighted by molar-refractivity contribution is 5.89. The van der Waals surface area contributed by atoms with Crippen LogP contribution >= 0.6 is 0 Å². The number of rotatable bonds is 1. The molecule has 2 N–H and O–H groups in total. The highest BCUT2D eigenvalue weighted by atomic mass is 19.2. The molecule has 0 radical (unpaired) electrons. The number of hydrogen-bond donors (Lipinski definition) is 1. The van der Waals surface area contributed by atoms with E-state index in [0.29, 0.717) is 10.9 Å². The maximum atomic E-state index is 13.7. The SMILES string of the molecule is Nc1nc(-c2cccc(F)c2F)nc2ccccc12. The topological polar surface area (TPSA) is 51.8 Å². The molecule has 5 heteroatoms. The first-order chi connectivity index (χ1) is 9.16. The van der Waals surface area contributed by atoms with Gasteiger partial charge in [0.25, 0.3) is 0 Å². The van der Waals surface area contributed by atoms with Gasteiger partial charge in [0.1, 0.15) is 5.82 Å². The van der Waals surface area contributed by atoms with Gasteiger partial charge in [0.05, 0.1) is 11.1 Å². The molecule has 94 valence electrons. The van der Waals surface area contributed by atoms with Crippen LogP contribution in [0.15, 0.2) is 42.5 Å². The zero-order chi connectivity index (χ0) is 13.4. The maximum absolute atomic E-state index is 13.7. The zero-order valence-corrected chi connectivity index (χ0v) is 9.77. The van der Waals surface area contributed by atoms with Crippen LogP contribution in [0.25, 0.3) is 22.3 Å². The molecular weight excluding hydrogens is 248 g/mol. The molecule has 0 spiro atoms. The van der Waals surface area contributed by atoms with Crippen molar-refractivity contribution < 1.29 is 8.78 Å². The van der Waals surface area contributed by atoms with Gasteiger partial charge >= 0.3 is 0 Å². The molecule has 1 heterocycles. The summed E-state index contributed by atoms with van der Waals surface area (Å²) in [6, 6.07) is 11.0. The van der Waals surface area contributed by atoms with Gasteiger partial charge in [0, 0.05) is 5.39 Å². The standard InChI is InChI=1S/C14H9F2N3/c15-10-6-3-5-9(12(10)16)14-18-11-7-2-1-4-8(11)13(17)19-14/h1-7H,(H2,17,18,19). The van der Waals surface area contributed by atoms with Crippen LogP contribution in [0.2, 0.25) is 0 Å². The second kappa shape index (κ2) is 4.28. The molecule has 0 bridgehead atoms. The third-order valence-electron chi connectivity index (χ3n) is 2.83. The molecule has 0 fully saturated rings. The van der Waals surface area contributed by atoms with E-state index < -0.39 is 11.6 Å². The fourth-order valence-corrected chi connectivity index (χ4v) is 1.90. The van der Waals surface area contributed by atoms with E-state index in [1.165, 1.54) is 12.1 Å². The highest BCUT2D eigenvalue weighted by Crippen LogP contribution is 2.25. The van der Waals surface area contributed by atoms with Crippen molar-refractivity contribution in [3.8, 4) is 11.4 Å². The lowest BCUT2D eigenvalue weighted by molar-refractivity contribution is 0.510. The van der Waals surface area contributed by atoms with E-state index in [4.69, 9.17) is 5.73 Å². The Morgan fingerprint density at radius 1 is 0.895 bits per heavy atom. The number of fused-ring (bicyclic) bond motifs is 1. The number of benzene rings is 2. The Morgan fingerprint density at radius 3 is 2.53 bits per heavy atom. The molecule has 0 unspecified atom stereocenters. The van der Waals surface area contributed by atoms with Crippen LogP contribution in [0.5, 0.6) is 0 Å². The Kier molecular flexibility index (Phi) is 2.59. The Labute approximate surface area is 107 Å². The van der Waals surface area contributed by atoms with E-state index in [2.05, 4.69) is 9.97 Å². The summed E-state index contributed by atoms with van der Waals surface area (Å²) in [7, 11) is 0. The number of anilines is 1. The summed E-state index contributed by atoms with van der Waals surface area (Å²) < 4.78 is 26.9. The molecule has 19 heavy (non-hydrogen) atoms. The van der Waals surface area contributed by atoms with Crippen molar-refractivity contribution in [3.05, 3.63) is 54.1 Å². The van der Waals surface area contributed by atoms with Crippen LogP contribution in [0, 0.1) is 11.6 Å². The molecule has 0 amide bonds. The number of nitrogen functional groups attached to an aromatic ring is 1. The second-order valence-electron chi connectivity index (χ2n) is 4.05. The Bertz CT molecular complexity index is 772. The van der Waals surface area contributed by atoms with E-state index in [0.717, 1.165) is 6.07 Å². The quantitative estimate of drug-likeness (QED) is 0.728. The largest absolute Gasteiger partial charge is 0.383 e. The van der Waals surface area contributed by atoms with Gasteiger partial charge in [-0.3, -0.25) is 0 Å². The smallest absolute Gasteiger partial charge is 0.169 e. The van der Waals surface area contributed by atoms with Gasteiger partial charge in [-0.25, -0.2) is 18.7 Å². The van der Waals surface area contributed by atoms with E-state index in [1.54, 1.807) is 18.2 Å². The first-order valence-electron chi connectivity index (χ1n) is 5.63. The number of halogens is 2. The summed E-state index contributed by atoms with van der Waals surface area (Å²) in [6.45, 7) is 0. The van der Waals surface area contributed by atoms with Gasteiger partial charge < -0.3 is 5.73 Å². The third kappa shape index (κ3) is 1.89. The van der Waals surface area contributed by atoms with Crippen molar-refractivity contribution in [3.63, 3.8) is 0 Å². The summed E-state index contributed by atoms with van der Waals surface area (Å²) in [5.74, 6) is -1.59. The van der Waals surface area contributed by atoms with Crippen LogP contribution in [0.3, 0.4) is 0 Å². The minimum atomic E-state index is -0.975. The monoisotopic (exact) mass is 257 g/mol. The minimum Gasteiger partial charge on any atom is -0.383 e. The Balaban J connectivity index is 2.29. The van der Waals surface area contributed by atoms with Gasteiger partial charge in [-0.2, -0.15) is 0 Å². The summed E-state index contributed by atoms with van der Waals surface area (Å²) in [6.07, 6.45) is 0. The predicted molar refractivity (Wildman–Crippen MR) is 69.3 cm³/mol. The predicted octanol–water partition coefficient (Wildman–Crippen LogP) is 3.16. The molecule has 3 rings (SSSR count). The van der Waals surface area contributed by atoms with Crippen LogP contribution in [-0.4, -0.2) is 9.97 Å². The van der Waals surface area contributed by atoms with E-state index in [9.17, 15) is 8.78 Å². The number of nitrogens with zero attached hydrogens (tertiary/aromatic N) is 2. The first kappa shape index (κ1) is 11.5. The number of hydrogen-bond acceptors (Lipinski definition) is 3. The molecule has 0 saturated heterocycles. The van der Waals surface area contributed by atoms with E-state index in [1.807, 2.05) is 6.07 Å². The van der Waals surface area contributed by atoms with Gasteiger partial charge in [-0.05, 0) is 24.3 Å². The first-order valence-corrected chi connectivity index (χ1v) is 5.63. The third-order valence-corrected chi connectivity index (χ3v) is 2.83. The molecular formula is C14H9F2N3. The number of nitrogens with two attached hydrogens (primary N) is 1. The summed E-state index contributed by atoms with van der Waals surface area (Å²) >= 11 is 0. The van der Waals surface area contributed by atoms with Gasteiger partial charge in [-0.1, -0.05) is 18.2 Å². The fourth-order valence-electron chi connectivity index (χ4n) is 1.90. The molecule has 0 atom stereocenters. The average Bonchev–Trinajstić information content (AvgIpc) is 2.42. The van der Waals surface area contributed by atoms with Crippen molar-refractivity contribution >= 4 is 16.7 Å². The molecule has 1 aromatic heterocycles. The lowest BCUT2D eigenvalue weighted by atomic mass is 10.1. The van der Waals surface area contributed by atoms with Crippen LogP contribution in [0.1, 0.15) is 0 Å². The zero-order valence-electron chi connectivity index (χ0n) is 9.77. The second-order valence-corrected chi connectivity index (χ2v) is 4.05. The van der Waals surface area contributed by atoms with Crippen LogP contribution in [-0.2, 0) is 0 Å². The van der Waals surface area contributed by atoms with Crippen molar-refractivity contribution in [2.45, 2.75) is 0 Å². The van der Waals surface area contributed by atoms with E-state index in [-0.39, 0.29) is 17.2 Å². The van der Waals surface area contributed by atoms with Crippen molar-refractivity contribution in [1.29, 1.82) is 0 Å².